The Morgan fingerprint density at radius 3 is 2.39 bits per heavy atom. The first-order valence-corrected chi connectivity index (χ1v) is 8.42. The summed E-state index contributed by atoms with van der Waals surface area (Å²) in [7, 11) is 0. The van der Waals surface area contributed by atoms with Gasteiger partial charge < -0.3 is 50.3 Å². The van der Waals surface area contributed by atoms with Gasteiger partial charge in [0, 0.05) is 5.92 Å². The number of carboxylic acid groups (broad SMARTS) is 1. The smallest absolute Gasteiger partial charge is 0.335 e. The molecule has 2 heterocycles. The lowest BCUT2D eigenvalue weighted by Gasteiger charge is -2.47. The van der Waals surface area contributed by atoms with Crippen LogP contribution in [0.5, 0.6) is 0 Å². The van der Waals surface area contributed by atoms with E-state index in [2.05, 4.69) is 0 Å². The minimum atomic E-state index is -2.79. The predicted molar refractivity (Wildman–Crippen MR) is 84.8 cm³/mol. The third kappa shape index (κ3) is 3.22. The maximum atomic E-state index is 11.4. The van der Waals surface area contributed by atoms with Crippen LogP contribution in [0.2, 0.25) is 0 Å². The molecule has 3 rings (SSSR count). The number of hydrogen-bond donors (Lipinski definition) is 8. The minimum absolute atomic E-state index is 0.326. The topological polar surface area (TPSA) is 207 Å². The Hall–Kier alpha value is -1.61. The third-order valence-corrected chi connectivity index (χ3v) is 5.23. The van der Waals surface area contributed by atoms with E-state index in [1.807, 2.05) is 0 Å². The summed E-state index contributed by atoms with van der Waals surface area (Å²) in [6.07, 6.45) is -5.48. The highest BCUT2D eigenvalue weighted by Gasteiger charge is 2.63. The van der Waals surface area contributed by atoms with Crippen molar-refractivity contribution < 1.29 is 59.9 Å². The van der Waals surface area contributed by atoms with Gasteiger partial charge in [0.25, 0.3) is 0 Å². The molecular weight excluding hydrogens is 384 g/mol. The number of ether oxygens (including phenoxy) is 3. The zero-order valence-corrected chi connectivity index (χ0v) is 14.4. The number of carboxylic acids is 1. The fourth-order valence-electron chi connectivity index (χ4n) is 3.70. The van der Waals surface area contributed by atoms with E-state index in [0.29, 0.717) is 6.26 Å². The summed E-state index contributed by atoms with van der Waals surface area (Å²) < 4.78 is 15.4. The van der Waals surface area contributed by atoms with E-state index < -0.39 is 73.3 Å². The van der Waals surface area contributed by atoms with Crippen LogP contribution in [0.15, 0.2) is 24.0 Å². The van der Waals surface area contributed by atoms with Crippen LogP contribution in [0.1, 0.15) is 0 Å². The van der Waals surface area contributed by atoms with Crippen LogP contribution in [0.4, 0.5) is 0 Å². The quantitative estimate of drug-likeness (QED) is 0.162. The Morgan fingerprint density at radius 1 is 1.14 bits per heavy atom. The fraction of sp³-hybridized carbons (Fsp3) is 0.688. The molecule has 2 aliphatic heterocycles. The first kappa shape index (κ1) is 21.1. The molecule has 3 aliphatic rings. The molecule has 12 nitrogen and oxygen atoms in total. The molecule has 0 unspecified atom stereocenters. The molecular formula is C16H22O12. The lowest BCUT2D eigenvalue weighted by molar-refractivity contribution is -0.452. The number of aliphatic hydroxyl groups is 7. The molecule has 0 saturated carbocycles. The van der Waals surface area contributed by atoms with Crippen molar-refractivity contribution in [2.45, 2.75) is 42.3 Å². The van der Waals surface area contributed by atoms with Crippen LogP contribution in [0.25, 0.3) is 0 Å². The van der Waals surface area contributed by atoms with Crippen LogP contribution >= 0.6 is 0 Å². The number of carbonyl (C=O) groups is 1. The highest BCUT2D eigenvalue weighted by atomic mass is 16.9. The number of hydrogen-bond acceptors (Lipinski definition) is 11. The zero-order chi connectivity index (χ0) is 20.9. The molecule has 0 aromatic heterocycles. The summed E-state index contributed by atoms with van der Waals surface area (Å²) in [5.41, 5.74) is -2.46. The third-order valence-electron chi connectivity index (χ3n) is 5.23. The van der Waals surface area contributed by atoms with E-state index in [0.717, 1.165) is 6.08 Å². The first-order valence-electron chi connectivity index (χ1n) is 8.42. The van der Waals surface area contributed by atoms with Crippen molar-refractivity contribution in [3.8, 4) is 0 Å². The highest BCUT2D eigenvalue weighted by Crippen LogP contribution is 2.49. The lowest BCUT2D eigenvalue weighted by Crippen LogP contribution is -2.64. The summed E-state index contributed by atoms with van der Waals surface area (Å²) in [6, 6.07) is 0. The van der Waals surface area contributed by atoms with Gasteiger partial charge in [0.15, 0.2) is 6.29 Å². The molecule has 1 aliphatic carbocycles. The van der Waals surface area contributed by atoms with Gasteiger partial charge in [0.2, 0.25) is 0 Å². The summed E-state index contributed by atoms with van der Waals surface area (Å²) in [6.45, 7) is -1.66. The molecule has 0 aromatic carbocycles. The average molecular weight is 406 g/mol. The van der Waals surface area contributed by atoms with Gasteiger partial charge in [-0.15, -0.1) is 0 Å². The predicted octanol–water partition coefficient (Wildman–Crippen LogP) is -4.03. The van der Waals surface area contributed by atoms with Crippen LogP contribution < -0.4 is 0 Å². The monoisotopic (exact) mass is 406 g/mol. The van der Waals surface area contributed by atoms with Crippen molar-refractivity contribution in [2.75, 3.05) is 13.2 Å². The highest BCUT2D eigenvalue weighted by molar-refractivity contribution is 5.87. The first-order chi connectivity index (χ1) is 13.1. The van der Waals surface area contributed by atoms with E-state index in [-0.39, 0.29) is 5.57 Å². The molecule has 0 spiro atoms. The molecule has 9 atom stereocenters. The summed E-state index contributed by atoms with van der Waals surface area (Å²) in [5.74, 6) is -6.89. The van der Waals surface area contributed by atoms with Crippen molar-refractivity contribution in [1.82, 2.24) is 0 Å². The Morgan fingerprint density at radius 2 is 1.82 bits per heavy atom. The molecule has 0 bridgehead atoms. The van der Waals surface area contributed by atoms with Gasteiger partial charge in [-0.2, -0.15) is 0 Å². The molecule has 28 heavy (non-hydrogen) atoms. The van der Waals surface area contributed by atoms with Gasteiger partial charge in [-0.05, 0) is 0 Å². The SMILES string of the molecule is O=C(O)C1=CO[C@@](O)(O[C@@H]2O[C@H](CO)[C@@H](O)[C@H](O)[C@H]2O)[C@H]2[C@@H]1C=C[C@]2(O)CO. The number of allylic oxidation sites excluding steroid dienone is 1. The standard InChI is InChI=1S/C16H22O12/c17-3-8-9(19)10(20)11(21)14(27-8)28-16(25)12-6(1-2-15(12,24)5-18)7(4-26-16)13(22)23/h1-2,4,6,8-12,14,17-21,24-25H,3,5H2,(H,22,23)/t6-,8-,9-,10+,11-,12+,14+,15+,16-/m1/s1. The largest absolute Gasteiger partial charge is 0.478 e. The summed E-state index contributed by atoms with van der Waals surface area (Å²) in [4.78, 5) is 11.4. The number of rotatable bonds is 5. The number of aliphatic hydroxyl groups excluding tert-OH is 5. The van der Waals surface area contributed by atoms with Gasteiger partial charge in [0.1, 0.15) is 36.3 Å². The lowest BCUT2D eigenvalue weighted by atomic mass is 9.78. The second kappa shape index (κ2) is 7.33. The summed E-state index contributed by atoms with van der Waals surface area (Å²) in [5, 5.41) is 79.3. The molecule has 12 heteroatoms. The maximum absolute atomic E-state index is 11.4. The molecule has 0 aromatic rings. The van der Waals surface area contributed by atoms with Crippen molar-refractivity contribution in [3.63, 3.8) is 0 Å². The van der Waals surface area contributed by atoms with Gasteiger partial charge in [0.05, 0.1) is 24.7 Å². The van der Waals surface area contributed by atoms with E-state index in [9.17, 15) is 45.6 Å². The van der Waals surface area contributed by atoms with Crippen LogP contribution in [-0.4, -0.2) is 102 Å². The van der Waals surface area contributed by atoms with E-state index in [4.69, 9.17) is 14.2 Å². The molecule has 8 N–H and O–H groups in total. The average Bonchev–Trinajstić information content (AvgIpc) is 3.02. The Kier molecular flexibility index (Phi) is 5.53. The zero-order valence-electron chi connectivity index (χ0n) is 14.4. The molecule has 0 amide bonds. The summed E-state index contributed by atoms with van der Waals surface area (Å²) >= 11 is 0. The van der Waals surface area contributed by atoms with Crippen LogP contribution in [0.3, 0.4) is 0 Å². The molecule has 1 fully saturated rings. The van der Waals surface area contributed by atoms with Crippen LogP contribution in [-0.2, 0) is 19.0 Å². The Balaban J connectivity index is 1.92. The normalized spacial score (nSPS) is 48.0. The van der Waals surface area contributed by atoms with E-state index in [1.165, 1.54) is 6.08 Å². The van der Waals surface area contributed by atoms with Gasteiger partial charge in [-0.25, -0.2) is 4.79 Å². The minimum Gasteiger partial charge on any atom is -0.478 e. The van der Waals surface area contributed by atoms with E-state index >= 15 is 0 Å². The van der Waals surface area contributed by atoms with E-state index in [1.54, 1.807) is 0 Å². The van der Waals surface area contributed by atoms with Crippen molar-refractivity contribution >= 4 is 5.97 Å². The molecule has 0 radical (unpaired) electrons. The Labute approximate surface area is 158 Å². The Bertz CT molecular complexity index is 677. The van der Waals surface area contributed by atoms with Gasteiger partial charge in [-0.3, -0.25) is 4.74 Å². The van der Waals surface area contributed by atoms with Crippen molar-refractivity contribution in [2.24, 2.45) is 11.8 Å². The molecule has 1 saturated heterocycles. The van der Waals surface area contributed by atoms with Crippen LogP contribution in [0, 0.1) is 11.8 Å². The maximum Gasteiger partial charge on any atom is 0.335 e. The molecule has 158 valence electrons. The van der Waals surface area contributed by atoms with Gasteiger partial charge >= 0.3 is 11.9 Å². The number of aliphatic carboxylic acids is 1. The van der Waals surface area contributed by atoms with Gasteiger partial charge in [-0.1, -0.05) is 12.2 Å². The van der Waals surface area contributed by atoms with Crippen molar-refractivity contribution in [3.05, 3.63) is 24.0 Å². The second-order valence-electron chi connectivity index (χ2n) is 6.95. The van der Waals surface area contributed by atoms with Crippen molar-refractivity contribution in [1.29, 1.82) is 0 Å². The fourth-order valence-corrected chi connectivity index (χ4v) is 3.70. The number of fused-ring (bicyclic) bond motifs is 1. The second-order valence-corrected chi connectivity index (χ2v) is 6.95.